The van der Waals surface area contributed by atoms with Gasteiger partial charge < -0.3 is 14.6 Å². The first-order valence-corrected chi connectivity index (χ1v) is 7.02. The van der Waals surface area contributed by atoms with Crippen molar-refractivity contribution in [3.8, 4) is 0 Å². The molecule has 3 atom stereocenters. The van der Waals surface area contributed by atoms with Crippen molar-refractivity contribution < 1.29 is 32.1 Å². The standard InChI is InChI=1S/C15H17F4NO3/c1-22-12(8-16)6-11-7-13(21)23-14(20-11)9-3-2-4-10(5-9)15(17,18)19/h2-5,11-13,21H,6-8H2,1H3. The van der Waals surface area contributed by atoms with E-state index in [-0.39, 0.29) is 24.3 Å². The summed E-state index contributed by atoms with van der Waals surface area (Å²) in [6.07, 6.45) is -6.05. The van der Waals surface area contributed by atoms with E-state index in [4.69, 9.17) is 9.47 Å². The molecule has 1 N–H and O–H groups in total. The lowest BCUT2D eigenvalue weighted by molar-refractivity contribution is -0.137. The van der Waals surface area contributed by atoms with Gasteiger partial charge in [0.05, 0.1) is 17.7 Å². The Balaban J connectivity index is 2.25. The first-order valence-electron chi connectivity index (χ1n) is 7.02. The van der Waals surface area contributed by atoms with Crippen LogP contribution in [0.2, 0.25) is 0 Å². The van der Waals surface area contributed by atoms with Gasteiger partial charge in [0.2, 0.25) is 12.2 Å². The van der Waals surface area contributed by atoms with Crippen molar-refractivity contribution in [2.75, 3.05) is 13.8 Å². The van der Waals surface area contributed by atoms with E-state index in [1.807, 2.05) is 0 Å². The van der Waals surface area contributed by atoms with E-state index in [1.54, 1.807) is 0 Å². The fourth-order valence-electron chi connectivity index (χ4n) is 2.30. The summed E-state index contributed by atoms with van der Waals surface area (Å²) in [5.74, 6) is -0.0893. The third kappa shape index (κ3) is 4.65. The Labute approximate surface area is 130 Å². The van der Waals surface area contributed by atoms with E-state index in [0.717, 1.165) is 12.1 Å². The minimum atomic E-state index is -4.49. The van der Waals surface area contributed by atoms with E-state index in [0.29, 0.717) is 0 Å². The van der Waals surface area contributed by atoms with Gasteiger partial charge in [-0.1, -0.05) is 6.07 Å². The summed E-state index contributed by atoms with van der Waals surface area (Å²) in [7, 11) is 1.36. The Bertz CT molecular complexity index is 558. The highest BCUT2D eigenvalue weighted by Crippen LogP contribution is 2.30. The van der Waals surface area contributed by atoms with E-state index in [2.05, 4.69) is 4.99 Å². The summed E-state index contributed by atoms with van der Waals surface area (Å²) in [5, 5.41) is 9.74. The number of methoxy groups -OCH3 is 1. The van der Waals surface area contributed by atoms with Gasteiger partial charge in [-0.2, -0.15) is 13.2 Å². The van der Waals surface area contributed by atoms with Crippen molar-refractivity contribution in [2.24, 2.45) is 4.99 Å². The fourth-order valence-corrected chi connectivity index (χ4v) is 2.30. The third-order valence-electron chi connectivity index (χ3n) is 3.50. The van der Waals surface area contributed by atoms with Crippen molar-refractivity contribution in [1.82, 2.24) is 0 Å². The van der Waals surface area contributed by atoms with Crippen molar-refractivity contribution in [2.45, 2.75) is 37.5 Å². The molecule has 4 nitrogen and oxygen atoms in total. The van der Waals surface area contributed by atoms with Crippen LogP contribution >= 0.6 is 0 Å². The molecule has 128 valence electrons. The molecule has 1 heterocycles. The number of hydrogen-bond donors (Lipinski definition) is 1. The summed E-state index contributed by atoms with van der Waals surface area (Å²) < 4.78 is 61.1. The third-order valence-corrected chi connectivity index (χ3v) is 3.50. The molecular weight excluding hydrogens is 318 g/mol. The predicted molar refractivity (Wildman–Crippen MR) is 74.9 cm³/mol. The normalized spacial score (nSPS) is 23.1. The van der Waals surface area contributed by atoms with Gasteiger partial charge in [0, 0.05) is 19.1 Å². The Morgan fingerprint density at radius 3 is 2.78 bits per heavy atom. The number of aliphatic hydroxyl groups excluding tert-OH is 1. The zero-order valence-electron chi connectivity index (χ0n) is 12.4. The lowest BCUT2D eigenvalue weighted by Crippen LogP contribution is -2.33. The molecule has 0 spiro atoms. The molecule has 1 aliphatic heterocycles. The molecule has 0 bridgehead atoms. The molecule has 0 saturated heterocycles. The Morgan fingerprint density at radius 2 is 2.17 bits per heavy atom. The zero-order valence-corrected chi connectivity index (χ0v) is 12.4. The molecule has 0 aliphatic carbocycles. The monoisotopic (exact) mass is 335 g/mol. The average molecular weight is 335 g/mol. The van der Waals surface area contributed by atoms with Gasteiger partial charge >= 0.3 is 6.18 Å². The molecular formula is C15H17F4NO3. The molecule has 8 heteroatoms. The molecule has 3 unspecified atom stereocenters. The average Bonchev–Trinajstić information content (AvgIpc) is 2.51. The molecule has 1 aromatic carbocycles. The summed E-state index contributed by atoms with van der Waals surface area (Å²) in [5.41, 5.74) is -0.728. The molecule has 23 heavy (non-hydrogen) atoms. The van der Waals surface area contributed by atoms with E-state index < -0.39 is 36.9 Å². The fraction of sp³-hybridized carbons (Fsp3) is 0.533. The van der Waals surface area contributed by atoms with E-state index in [1.165, 1.54) is 19.2 Å². The van der Waals surface area contributed by atoms with Crippen LogP contribution in [0.5, 0.6) is 0 Å². The number of rotatable bonds is 5. The van der Waals surface area contributed by atoms with Crippen LogP contribution in [0.15, 0.2) is 29.3 Å². The Morgan fingerprint density at radius 1 is 1.43 bits per heavy atom. The van der Waals surface area contributed by atoms with Gasteiger partial charge in [-0.05, 0) is 24.6 Å². The number of aliphatic hydroxyl groups is 1. The van der Waals surface area contributed by atoms with Gasteiger partial charge in [0.25, 0.3) is 0 Å². The zero-order chi connectivity index (χ0) is 17.0. The molecule has 1 aromatic rings. The lowest BCUT2D eigenvalue weighted by atomic mass is 10.0. The first-order chi connectivity index (χ1) is 10.8. The molecule has 2 rings (SSSR count). The van der Waals surface area contributed by atoms with Crippen LogP contribution in [0.25, 0.3) is 0 Å². The van der Waals surface area contributed by atoms with Crippen LogP contribution in [0, 0.1) is 0 Å². The smallest absolute Gasteiger partial charge is 0.416 e. The highest BCUT2D eigenvalue weighted by atomic mass is 19.4. The van der Waals surface area contributed by atoms with Crippen LogP contribution < -0.4 is 0 Å². The maximum atomic E-state index is 12.8. The molecule has 0 radical (unpaired) electrons. The van der Waals surface area contributed by atoms with Gasteiger partial charge in [-0.25, -0.2) is 9.38 Å². The van der Waals surface area contributed by atoms with E-state index in [9.17, 15) is 22.7 Å². The molecule has 0 amide bonds. The highest BCUT2D eigenvalue weighted by molar-refractivity contribution is 5.94. The lowest BCUT2D eigenvalue weighted by Gasteiger charge is -2.27. The topological polar surface area (TPSA) is 51.0 Å². The number of hydrogen-bond acceptors (Lipinski definition) is 4. The predicted octanol–water partition coefficient (Wildman–Crippen LogP) is 2.93. The molecule has 1 aliphatic rings. The molecule has 0 fully saturated rings. The second-order valence-electron chi connectivity index (χ2n) is 5.22. The van der Waals surface area contributed by atoms with Crippen LogP contribution in [0.4, 0.5) is 17.6 Å². The summed E-state index contributed by atoms with van der Waals surface area (Å²) >= 11 is 0. The quantitative estimate of drug-likeness (QED) is 0.842. The SMILES string of the molecule is COC(CF)CC1CC(O)OC(c2cccc(C(F)(F)F)c2)=N1. The Kier molecular flexibility index (Phi) is 5.59. The second kappa shape index (κ2) is 7.27. The number of alkyl halides is 4. The summed E-state index contributed by atoms with van der Waals surface area (Å²) in [6.45, 7) is -0.710. The van der Waals surface area contributed by atoms with Crippen LogP contribution in [0.3, 0.4) is 0 Å². The maximum absolute atomic E-state index is 12.8. The Hall–Kier alpha value is -1.67. The summed E-state index contributed by atoms with van der Waals surface area (Å²) in [6, 6.07) is 3.98. The second-order valence-corrected chi connectivity index (χ2v) is 5.22. The number of halogens is 4. The number of aliphatic imine (C=N–C) groups is 1. The minimum Gasteiger partial charge on any atom is -0.448 e. The molecule has 0 aromatic heterocycles. The van der Waals surface area contributed by atoms with Gasteiger partial charge in [0.1, 0.15) is 6.67 Å². The number of ether oxygens (including phenoxy) is 2. The largest absolute Gasteiger partial charge is 0.448 e. The maximum Gasteiger partial charge on any atom is 0.416 e. The number of nitrogens with zero attached hydrogens (tertiary/aromatic N) is 1. The van der Waals surface area contributed by atoms with Crippen molar-refractivity contribution >= 4 is 5.90 Å². The van der Waals surface area contributed by atoms with Crippen LogP contribution in [-0.2, 0) is 15.7 Å². The van der Waals surface area contributed by atoms with Crippen LogP contribution in [-0.4, -0.2) is 43.2 Å². The molecule has 0 saturated carbocycles. The van der Waals surface area contributed by atoms with Crippen molar-refractivity contribution in [3.05, 3.63) is 35.4 Å². The van der Waals surface area contributed by atoms with Gasteiger partial charge in [0.15, 0.2) is 0 Å². The van der Waals surface area contributed by atoms with Crippen LogP contribution in [0.1, 0.15) is 24.0 Å². The van der Waals surface area contributed by atoms with Gasteiger partial charge in [-0.15, -0.1) is 0 Å². The minimum absolute atomic E-state index is 0.0893. The van der Waals surface area contributed by atoms with Gasteiger partial charge in [-0.3, -0.25) is 0 Å². The van der Waals surface area contributed by atoms with Crippen molar-refractivity contribution in [1.29, 1.82) is 0 Å². The van der Waals surface area contributed by atoms with E-state index >= 15 is 0 Å². The first kappa shape index (κ1) is 17.7. The number of benzene rings is 1. The van der Waals surface area contributed by atoms with Crippen molar-refractivity contribution in [3.63, 3.8) is 0 Å². The summed E-state index contributed by atoms with van der Waals surface area (Å²) in [4.78, 5) is 4.18. The highest BCUT2D eigenvalue weighted by Gasteiger charge is 2.32.